The van der Waals surface area contributed by atoms with E-state index in [-0.39, 0.29) is 29.0 Å². The molecule has 3 unspecified atom stereocenters. The minimum absolute atomic E-state index is 0.0627. The predicted octanol–water partition coefficient (Wildman–Crippen LogP) is 0.689. The third-order valence-corrected chi connectivity index (χ3v) is 3.92. The van der Waals surface area contributed by atoms with Crippen molar-refractivity contribution in [1.82, 2.24) is 4.90 Å². The van der Waals surface area contributed by atoms with Gasteiger partial charge in [-0.25, -0.2) is 0 Å². The van der Waals surface area contributed by atoms with Gasteiger partial charge >= 0.3 is 0 Å². The second kappa shape index (κ2) is 4.67. The van der Waals surface area contributed by atoms with Crippen LogP contribution < -0.4 is 5.73 Å². The molecule has 90 valence electrons. The molecule has 16 heavy (non-hydrogen) atoms. The number of hydrogen-bond donors (Lipinski definition) is 1. The van der Waals surface area contributed by atoms with Crippen LogP contribution in [0.4, 0.5) is 0 Å². The maximum atomic E-state index is 12.2. The van der Waals surface area contributed by atoms with E-state index >= 15 is 0 Å². The first-order valence-electron chi connectivity index (χ1n) is 5.82. The van der Waals surface area contributed by atoms with Gasteiger partial charge in [0.25, 0.3) is 0 Å². The Bertz CT molecular complexity index is 308. The molecule has 2 N–H and O–H groups in total. The molecule has 3 atom stereocenters. The summed E-state index contributed by atoms with van der Waals surface area (Å²) in [5, 5.41) is 0. The van der Waals surface area contributed by atoms with E-state index < -0.39 is 0 Å². The smallest absolute Gasteiger partial charge is 0.232 e. The quantitative estimate of drug-likeness (QED) is 0.724. The normalized spacial score (nSPS) is 30.9. The summed E-state index contributed by atoms with van der Waals surface area (Å²) in [5.74, 6) is -0.290. The molecule has 5 heteroatoms. The van der Waals surface area contributed by atoms with Crippen LogP contribution in [-0.4, -0.2) is 41.1 Å². The van der Waals surface area contributed by atoms with Crippen LogP contribution in [0.25, 0.3) is 0 Å². The number of nitrogens with two attached hydrogens (primary N) is 1. The van der Waals surface area contributed by atoms with Crippen molar-refractivity contribution in [2.75, 3.05) is 13.2 Å². The molecule has 1 saturated carbocycles. The van der Waals surface area contributed by atoms with E-state index in [1.165, 1.54) is 0 Å². The second-order valence-corrected chi connectivity index (χ2v) is 5.03. The largest absolute Gasteiger partial charge is 0.393 e. The average molecular weight is 242 g/mol. The summed E-state index contributed by atoms with van der Waals surface area (Å²) in [6.45, 7) is 3.09. The van der Waals surface area contributed by atoms with Crippen molar-refractivity contribution in [3.8, 4) is 0 Å². The summed E-state index contributed by atoms with van der Waals surface area (Å²) in [7, 11) is 0. The SMILES string of the molecule is CC(C(=O)N1CCOC2CCCC21)C(N)=S. The van der Waals surface area contributed by atoms with E-state index in [2.05, 4.69) is 0 Å². The fraction of sp³-hybridized carbons (Fsp3) is 0.818. The molecule has 4 nitrogen and oxygen atoms in total. The highest BCUT2D eigenvalue weighted by Crippen LogP contribution is 2.30. The van der Waals surface area contributed by atoms with Gasteiger partial charge in [-0.1, -0.05) is 12.2 Å². The van der Waals surface area contributed by atoms with Crippen LogP contribution in [0.15, 0.2) is 0 Å². The Morgan fingerprint density at radius 1 is 1.56 bits per heavy atom. The predicted molar refractivity (Wildman–Crippen MR) is 65.0 cm³/mol. The van der Waals surface area contributed by atoms with Gasteiger partial charge < -0.3 is 15.4 Å². The van der Waals surface area contributed by atoms with E-state index in [0.717, 1.165) is 19.3 Å². The van der Waals surface area contributed by atoms with E-state index in [9.17, 15) is 4.79 Å². The maximum absolute atomic E-state index is 12.2. The number of amides is 1. The molecular weight excluding hydrogens is 224 g/mol. The molecule has 1 aliphatic carbocycles. The summed E-state index contributed by atoms with van der Waals surface area (Å²) in [4.78, 5) is 14.4. The van der Waals surface area contributed by atoms with Gasteiger partial charge in [0.15, 0.2) is 0 Å². The van der Waals surface area contributed by atoms with Crippen LogP contribution in [0.1, 0.15) is 26.2 Å². The summed E-state index contributed by atoms with van der Waals surface area (Å²) < 4.78 is 5.66. The first-order valence-corrected chi connectivity index (χ1v) is 6.23. The van der Waals surface area contributed by atoms with Crippen LogP contribution in [0, 0.1) is 5.92 Å². The van der Waals surface area contributed by atoms with Gasteiger partial charge in [-0.3, -0.25) is 4.79 Å². The Balaban J connectivity index is 2.07. The van der Waals surface area contributed by atoms with Crippen molar-refractivity contribution in [3.05, 3.63) is 0 Å². The lowest BCUT2D eigenvalue weighted by molar-refractivity contribution is -0.145. The van der Waals surface area contributed by atoms with E-state index in [4.69, 9.17) is 22.7 Å². The van der Waals surface area contributed by atoms with Crippen molar-refractivity contribution in [2.24, 2.45) is 11.7 Å². The first kappa shape index (κ1) is 11.8. The molecule has 0 aromatic carbocycles. The van der Waals surface area contributed by atoms with E-state index in [0.29, 0.717) is 13.2 Å². The zero-order chi connectivity index (χ0) is 11.7. The van der Waals surface area contributed by atoms with Crippen molar-refractivity contribution >= 4 is 23.1 Å². The van der Waals surface area contributed by atoms with Gasteiger partial charge in [0.2, 0.25) is 5.91 Å². The van der Waals surface area contributed by atoms with Gasteiger partial charge in [0, 0.05) is 6.54 Å². The Morgan fingerprint density at radius 2 is 2.31 bits per heavy atom. The first-order chi connectivity index (χ1) is 7.61. The van der Waals surface area contributed by atoms with Gasteiger partial charge in [-0.2, -0.15) is 0 Å². The molecule has 0 aromatic rings. The molecule has 1 heterocycles. The number of ether oxygens (including phenoxy) is 1. The molecule has 0 spiro atoms. The Morgan fingerprint density at radius 3 is 3.00 bits per heavy atom. The Labute approximate surface area is 101 Å². The number of carbonyl (C=O) groups excluding carboxylic acids is 1. The zero-order valence-corrected chi connectivity index (χ0v) is 10.3. The lowest BCUT2D eigenvalue weighted by Gasteiger charge is -2.38. The Hall–Kier alpha value is -0.680. The van der Waals surface area contributed by atoms with E-state index in [1.807, 2.05) is 4.90 Å². The lowest BCUT2D eigenvalue weighted by Crippen LogP contribution is -2.53. The van der Waals surface area contributed by atoms with Gasteiger partial charge in [-0.05, 0) is 26.2 Å². The van der Waals surface area contributed by atoms with Gasteiger partial charge in [0.1, 0.15) is 0 Å². The maximum Gasteiger partial charge on any atom is 0.232 e. The van der Waals surface area contributed by atoms with Gasteiger partial charge in [-0.15, -0.1) is 0 Å². The molecule has 0 aromatic heterocycles. The topological polar surface area (TPSA) is 55.6 Å². The van der Waals surface area contributed by atoms with E-state index in [1.54, 1.807) is 6.92 Å². The van der Waals surface area contributed by atoms with Crippen LogP contribution in [0.5, 0.6) is 0 Å². The number of thiocarbonyl (C=S) groups is 1. The monoisotopic (exact) mass is 242 g/mol. The molecule has 0 radical (unpaired) electrons. The molecular formula is C11H18N2O2S. The number of hydrogen-bond acceptors (Lipinski definition) is 3. The van der Waals surface area contributed by atoms with Crippen molar-refractivity contribution in [3.63, 3.8) is 0 Å². The summed E-state index contributed by atoms with van der Waals surface area (Å²) in [6.07, 6.45) is 3.48. The third kappa shape index (κ3) is 2.06. The molecule has 1 saturated heterocycles. The molecule has 1 aliphatic heterocycles. The highest BCUT2D eigenvalue weighted by Gasteiger charge is 2.39. The standard InChI is InChI=1S/C11H18N2O2S/c1-7(10(12)16)11(14)13-5-6-15-9-4-2-3-8(9)13/h7-9H,2-6H2,1H3,(H2,12,16). The third-order valence-electron chi connectivity index (χ3n) is 3.56. The fourth-order valence-electron chi connectivity index (χ4n) is 2.57. The van der Waals surface area contributed by atoms with Crippen LogP contribution in [0.2, 0.25) is 0 Å². The molecule has 2 aliphatic rings. The van der Waals surface area contributed by atoms with Crippen LogP contribution >= 0.6 is 12.2 Å². The summed E-state index contributed by atoms with van der Waals surface area (Å²) in [6, 6.07) is 0.248. The number of morpholine rings is 1. The molecule has 2 fully saturated rings. The number of rotatable bonds is 2. The van der Waals surface area contributed by atoms with Crippen LogP contribution in [0.3, 0.4) is 0 Å². The van der Waals surface area contributed by atoms with Crippen molar-refractivity contribution < 1.29 is 9.53 Å². The Kier molecular flexibility index (Phi) is 3.44. The molecule has 1 amide bonds. The molecule has 0 bridgehead atoms. The number of nitrogens with zero attached hydrogens (tertiary/aromatic N) is 1. The molecule has 2 rings (SSSR count). The van der Waals surface area contributed by atoms with Crippen molar-refractivity contribution in [1.29, 1.82) is 0 Å². The minimum Gasteiger partial charge on any atom is -0.393 e. The van der Waals surface area contributed by atoms with Crippen LogP contribution in [-0.2, 0) is 9.53 Å². The zero-order valence-electron chi connectivity index (χ0n) is 9.52. The minimum atomic E-state index is -0.352. The lowest BCUT2D eigenvalue weighted by atomic mass is 10.1. The number of carbonyl (C=O) groups is 1. The summed E-state index contributed by atoms with van der Waals surface area (Å²) in [5.41, 5.74) is 5.53. The average Bonchev–Trinajstić information content (AvgIpc) is 2.74. The second-order valence-electron chi connectivity index (χ2n) is 4.56. The van der Waals surface area contributed by atoms with Crippen molar-refractivity contribution in [2.45, 2.75) is 38.3 Å². The summed E-state index contributed by atoms with van der Waals surface area (Å²) >= 11 is 4.88. The number of fused-ring (bicyclic) bond motifs is 1. The highest BCUT2D eigenvalue weighted by molar-refractivity contribution is 7.80. The highest BCUT2D eigenvalue weighted by atomic mass is 32.1. The van der Waals surface area contributed by atoms with Gasteiger partial charge in [0.05, 0.1) is 29.7 Å². The fourth-order valence-corrected chi connectivity index (χ4v) is 2.67.